The van der Waals surface area contributed by atoms with Crippen LogP contribution in [-0.2, 0) is 10.0 Å². The summed E-state index contributed by atoms with van der Waals surface area (Å²) in [7, 11) is -3.68. The Labute approximate surface area is 119 Å². The van der Waals surface area contributed by atoms with Crippen molar-refractivity contribution in [1.29, 1.82) is 0 Å². The molecule has 114 valence electrons. The standard InChI is InChI=1S/C13H21NO5S/c1-2-3-8-19-12-4-6-13(7-5-12)20(17,18)14-9-11(16)10-15/h4-7,11,14-16H,2-3,8-10H2,1H3. The van der Waals surface area contributed by atoms with Crippen LogP contribution in [0.25, 0.3) is 0 Å². The highest BCUT2D eigenvalue weighted by Gasteiger charge is 2.15. The molecule has 6 nitrogen and oxygen atoms in total. The molecule has 1 atom stereocenters. The lowest BCUT2D eigenvalue weighted by Gasteiger charge is -2.10. The van der Waals surface area contributed by atoms with Crippen LogP contribution in [0.2, 0.25) is 0 Å². The second-order valence-corrected chi connectivity index (χ2v) is 6.13. The zero-order valence-electron chi connectivity index (χ0n) is 11.4. The monoisotopic (exact) mass is 303 g/mol. The van der Waals surface area contributed by atoms with Gasteiger partial charge < -0.3 is 14.9 Å². The Kier molecular flexibility index (Phi) is 6.94. The Morgan fingerprint density at radius 1 is 1.30 bits per heavy atom. The smallest absolute Gasteiger partial charge is 0.240 e. The average Bonchev–Trinajstić information content (AvgIpc) is 2.45. The molecule has 0 fully saturated rings. The lowest BCUT2D eigenvalue weighted by Crippen LogP contribution is -2.33. The number of benzene rings is 1. The second-order valence-electron chi connectivity index (χ2n) is 4.36. The number of unbranched alkanes of at least 4 members (excludes halogenated alkanes) is 1. The van der Waals surface area contributed by atoms with Gasteiger partial charge in [-0.2, -0.15) is 0 Å². The fraction of sp³-hybridized carbons (Fsp3) is 0.538. The molecule has 0 aliphatic rings. The van der Waals surface area contributed by atoms with Gasteiger partial charge in [0.25, 0.3) is 0 Å². The van der Waals surface area contributed by atoms with Gasteiger partial charge in [-0.1, -0.05) is 13.3 Å². The molecule has 1 unspecified atom stereocenters. The number of hydrogen-bond donors (Lipinski definition) is 3. The third-order valence-corrected chi connectivity index (χ3v) is 4.06. The lowest BCUT2D eigenvalue weighted by atomic mass is 10.3. The highest BCUT2D eigenvalue weighted by Crippen LogP contribution is 2.16. The normalized spacial score (nSPS) is 13.2. The molecule has 7 heteroatoms. The Morgan fingerprint density at radius 3 is 2.50 bits per heavy atom. The molecule has 0 aliphatic heterocycles. The maximum atomic E-state index is 11.9. The molecule has 0 aromatic heterocycles. The minimum atomic E-state index is -3.68. The van der Waals surface area contributed by atoms with Crippen LogP contribution in [-0.4, -0.2) is 44.5 Å². The molecule has 0 amide bonds. The Hall–Kier alpha value is -1.15. The van der Waals surface area contributed by atoms with Gasteiger partial charge in [-0.05, 0) is 30.7 Å². The van der Waals surface area contributed by atoms with Gasteiger partial charge in [-0.15, -0.1) is 0 Å². The minimum absolute atomic E-state index is 0.0884. The third-order valence-electron chi connectivity index (χ3n) is 2.62. The van der Waals surface area contributed by atoms with Crippen molar-refractivity contribution in [2.45, 2.75) is 30.8 Å². The second kappa shape index (κ2) is 8.21. The minimum Gasteiger partial charge on any atom is -0.494 e. The predicted molar refractivity (Wildman–Crippen MR) is 75.1 cm³/mol. The van der Waals surface area contributed by atoms with Gasteiger partial charge in [0.15, 0.2) is 0 Å². The van der Waals surface area contributed by atoms with Gasteiger partial charge >= 0.3 is 0 Å². The molecule has 1 aromatic rings. The van der Waals surface area contributed by atoms with E-state index in [2.05, 4.69) is 11.6 Å². The molecule has 3 N–H and O–H groups in total. The van der Waals surface area contributed by atoms with Crippen molar-refractivity contribution in [3.63, 3.8) is 0 Å². The Bertz CT molecular complexity index is 486. The average molecular weight is 303 g/mol. The van der Waals surface area contributed by atoms with Gasteiger partial charge in [0, 0.05) is 6.54 Å². The first-order valence-corrected chi connectivity index (χ1v) is 7.99. The van der Waals surface area contributed by atoms with Gasteiger partial charge in [0.1, 0.15) is 5.75 Å². The molecule has 0 radical (unpaired) electrons. The van der Waals surface area contributed by atoms with E-state index < -0.39 is 22.7 Å². The molecule has 0 bridgehead atoms. The molecule has 0 saturated heterocycles. The van der Waals surface area contributed by atoms with Crippen molar-refractivity contribution in [2.75, 3.05) is 19.8 Å². The van der Waals surface area contributed by atoms with Crippen molar-refractivity contribution >= 4 is 10.0 Å². The summed E-state index contributed by atoms with van der Waals surface area (Å²) in [5.41, 5.74) is 0. The van der Waals surface area contributed by atoms with Gasteiger partial charge in [0.2, 0.25) is 10.0 Å². The number of aliphatic hydroxyl groups is 2. The zero-order valence-corrected chi connectivity index (χ0v) is 12.3. The maximum Gasteiger partial charge on any atom is 0.240 e. The molecule has 20 heavy (non-hydrogen) atoms. The van der Waals surface area contributed by atoms with E-state index in [1.165, 1.54) is 12.1 Å². The van der Waals surface area contributed by atoms with Crippen molar-refractivity contribution < 1.29 is 23.4 Å². The highest BCUT2D eigenvalue weighted by atomic mass is 32.2. The summed E-state index contributed by atoms with van der Waals surface area (Å²) in [6.45, 7) is 1.94. The Balaban J connectivity index is 2.62. The number of ether oxygens (including phenoxy) is 1. The summed E-state index contributed by atoms with van der Waals surface area (Å²) >= 11 is 0. The fourth-order valence-electron chi connectivity index (χ4n) is 1.40. The van der Waals surface area contributed by atoms with E-state index in [1.54, 1.807) is 12.1 Å². The van der Waals surface area contributed by atoms with E-state index in [0.717, 1.165) is 12.8 Å². The van der Waals surface area contributed by atoms with E-state index >= 15 is 0 Å². The number of sulfonamides is 1. The van der Waals surface area contributed by atoms with Gasteiger partial charge in [-0.3, -0.25) is 0 Å². The third kappa shape index (κ3) is 5.46. The van der Waals surface area contributed by atoms with Crippen LogP contribution >= 0.6 is 0 Å². The van der Waals surface area contributed by atoms with Crippen LogP contribution < -0.4 is 9.46 Å². The molecular formula is C13H21NO5S. The predicted octanol–water partition coefficient (Wildman–Crippen LogP) is 0.497. The van der Waals surface area contributed by atoms with E-state index in [-0.39, 0.29) is 11.4 Å². The summed E-state index contributed by atoms with van der Waals surface area (Å²) in [6, 6.07) is 6.06. The van der Waals surface area contributed by atoms with Crippen LogP contribution in [0.1, 0.15) is 19.8 Å². The SMILES string of the molecule is CCCCOc1ccc(S(=O)(=O)NCC(O)CO)cc1. The molecule has 0 heterocycles. The Morgan fingerprint density at radius 2 is 1.95 bits per heavy atom. The van der Waals surface area contributed by atoms with Crippen LogP contribution in [0, 0.1) is 0 Å². The molecular weight excluding hydrogens is 282 g/mol. The van der Waals surface area contributed by atoms with Crippen LogP contribution in [0.5, 0.6) is 5.75 Å². The number of rotatable bonds is 9. The first kappa shape index (κ1) is 16.9. The molecule has 0 aliphatic carbocycles. The van der Waals surface area contributed by atoms with Crippen molar-refractivity contribution in [1.82, 2.24) is 4.72 Å². The molecule has 1 aromatic carbocycles. The van der Waals surface area contributed by atoms with Crippen molar-refractivity contribution in [2.24, 2.45) is 0 Å². The molecule has 0 saturated carbocycles. The van der Waals surface area contributed by atoms with E-state index in [4.69, 9.17) is 14.9 Å². The molecule has 1 rings (SSSR count). The maximum absolute atomic E-state index is 11.9. The molecule has 0 spiro atoms. The van der Waals surface area contributed by atoms with E-state index in [9.17, 15) is 8.42 Å². The van der Waals surface area contributed by atoms with E-state index in [0.29, 0.717) is 12.4 Å². The van der Waals surface area contributed by atoms with Crippen molar-refractivity contribution in [3.8, 4) is 5.75 Å². The number of nitrogens with one attached hydrogen (secondary N) is 1. The summed E-state index contributed by atoms with van der Waals surface area (Å²) in [5.74, 6) is 0.618. The van der Waals surface area contributed by atoms with Crippen molar-refractivity contribution in [3.05, 3.63) is 24.3 Å². The summed E-state index contributed by atoms with van der Waals surface area (Å²) < 4.78 is 31.4. The van der Waals surface area contributed by atoms with Gasteiger partial charge in [-0.25, -0.2) is 13.1 Å². The first-order valence-electron chi connectivity index (χ1n) is 6.51. The van der Waals surface area contributed by atoms with E-state index in [1.807, 2.05) is 0 Å². The van der Waals surface area contributed by atoms with Crippen LogP contribution in [0.15, 0.2) is 29.2 Å². The zero-order chi connectivity index (χ0) is 15.0. The first-order chi connectivity index (χ1) is 9.49. The largest absolute Gasteiger partial charge is 0.494 e. The highest BCUT2D eigenvalue weighted by molar-refractivity contribution is 7.89. The number of hydrogen-bond acceptors (Lipinski definition) is 5. The summed E-state index contributed by atoms with van der Waals surface area (Å²) in [5, 5.41) is 17.8. The summed E-state index contributed by atoms with van der Waals surface area (Å²) in [4.78, 5) is 0.0884. The number of aliphatic hydroxyl groups excluding tert-OH is 2. The van der Waals surface area contributed by atoms with Crippen LogP contribution in [0.3, 0.4) is 0 Å². The fourth-order valence-corrected chi connectivity index (χ4v) is 2.48. The quantitative estimate of drug-likeness (QED) is 0.577. The topological polar surface area (TPSA) is 95.9 Å². The lowest BCUT2D eigenvalue weighted by molar-refractivity contribution is 0.0988. The summed E-state index contributed by atoms with van der Waals surface area (Å²) in [6.07, 6.45) is 0.867. The van der Waals surface area contributed by atoms with Crippen LogP contribution in [0.4, 0.5) is 0 Å². The van der Waals surface area contributed by atoms with Gasteiger partial charge in [0.05, 0.1) is 24.2 Å².